The smallest absolute Gasteiger partial charge is 0.313 e. The van der Waals surface area contributed by atoms with Crippen molar-refractivity contribution < 1.29 is 9.90 Å². The first kappa shape index (κ1) is 16.2. The van der Waals surface area contributed by atoms with E-state index in [4.69, 9.17) is 5.11 Å². The van der Waals surface area contributed by atoms with Gasteiger partial charge in [-0.1, -0.05) is 18.2 Å². The third-order valence-corrected chi connectivity index (χ3v) is 4.73. The van der Waals surface area contributed by atoms with Crippen LogP contribution in [0, 0.1) is 0 Å². The number of imidazole rings is 1. The largest absolute Gasteiger partial charge is 0.481 e. The van der Waals surface area contributed by atoms with Gasteiger partial charge in [-0.15, -0.1) is 0 Å². The Bertz CT molecular complexity index is 601. The molecule has 114 valence electrons. The zero-order valence-corrected chi connectivity index (χ0v) is 13.6. The van der Waals surface area contributed by atoms with Gasteiger partial charge in [0.15, 0.2) is 5.16 Å². The third kappa shape index (κ3) is 4.64. The maximum Gasteiger partial charge on any atom is 0.313 e. The summed E-state index contributed by atoms with van der Waals surface area (Å²) >= 11 is 3.14. The van der Waals surface area contributed by atoms with Gasteiger partial charge in [-0.05, 0) is 30.9 Å². The van der Waals surface area contributed by atoms with Crippen LogP contribution in [0.5, 0.6) is 0 Å². The number of hydrogen-bond donors (Lipinski definition) is 1. The van der Waals surface area contributed by atoms with Crippen molar-refractivity contribution in [2.45, 2.75) is 31.0 Å². The molecular formula is C14H19N3O2S2. The molecule has 2 heterocycles. The minimum absolute atomic E-state index is 0.0310. The summed E-state index contributed by atoms with van der Waals surface area (Å²) in [5.41, 5.74) is 1.86. The molecule has 0 aromatic carbocycles. The second-order valence-corrected chi connectivity index (χ2v) is 6.57. The number of rotatable bonds is 9. The lowest BCUT2D eigenvalue weighted by molar-refractivity contribution is -0.133. The second kappa shape index (κ2) is 8.29. The van der Waals surface area contributed by atoms with Gasteiger partial charge in [-0.3, -0.25) is 9.78 Å². The highest BCUT2D eigenvalue weighted by atomic mass is 32.2. The van der Waals surface area contributed by atoms with Gasteiger partial charge in [-0.25, -0.2) is 4.98 Å². The van der Waals surface area contributed by atoms with E-state index < -0.39 is 5.97 Å². The van der Waals surface area contributed by atoms with E-state index in [-0.39, 0.29) is 5.75 Å². The Labute approximate surface area is 132 Å². The minimum atomic E-state index is -0.822. The lowest BCUT2D eigenvalue weighted by Gasteiger charge is -2.08. The summed E-state index contributed by atoms with van der Waals surface area (Å²) in [5.74, 6) is 0.398. The van der Waals surface area contributed by atoms with Crippen molar-refractivity contribution in [1.29, 1.82) is 0 Å². The Kier molecular flexibility index (Phi) is 6.38. The average molecular weight is 325 g/mol. The number of nitrogens with zero attached hydrogens (tertiary/aromatic N) is 3. The van der Waals surface area contributed by atoms with Crippen LogP contribution < -0.4 is 0 Å². The Hall–Kier alpha value is -1.21. The molecule has 5 nitrogen and oxygen atoms in total. The number of aliphatic carboxylic acids is 1. The van der Waals surface area contributed by atoms with Crippen molar-refractivity contribution in [3.8, 4) is 0 Å². The maximum absolute atomic E-state index is 10.8. The molecule has 2 aromatic heterocycles. The molecule has 0 amide bonds. The van der Waals surface area contributed by atoms with Crippen LogP contribution in [-0.4, -0.2) is 43.4 Å². The van der Waals surface area contributed by atoms with Gasteiger partial charge in [0.1, 0.15) is 5.52 Å². The van der Waals surface area contributed by atoms with Crippen LogP contribution in [0.15, 0.2) is 23.6 Å². The molecule has 0 atom stereocenters. The number of unbranched alkanes of at least 4 members (excludes halogenated alkanes) is 2. The molecule has 7 heteroatoms. The van der Waals surface area contributed by atoms with E-state index in [1.54, 1.807) is 12.4 Å². The lowest BCUT2D eigenvalue weighted by Crippen LogP contribution is -2.03. The van der Waals surface area contributed by atoms with Gasteiger partial charge in [0.05, 0.1) is 17.5 Å². The number of carbonyl (C=O) groups is 1. The van der Waals surface area contributed by atoms with Crippen LogP contribution in [0.1, 0.15) is 19.3 Å². The molecule has 2 rings (SSSR count). The van der Waals surface area contributed by atoms with Gasteiger partial charge in [0.25, 0.3) is 0 Å². The van der Waals surface area contributed by atoms with Crippen LogP contribution >= 0.6 is 23.5 Å². The van der Waals surface area contributed by atoms with Crippen molar-refractivity contribution >= 4 is 40.5 Å². The van der Waals surface area contributed by atoms with Crippen LogP contribution in [0.25, 0.3) is 11.0 Å². The number of hydrogen-bond acceptors (Lipinski definition) is 5. The maximum atomic E-state index is 10.8. The van der Waals surface area contributed by atoms with E-state index in [1.165, 1.54) is 30.4 Å². The van der Waals surface area contributed by atoms with Gasteiger partial charge < -0.3 is 9.67 Å². The number of fused-ring (bicyclic) bond motifs is 1. The highest BCUT2D eigenvalue weighted by Crippen LogP contribution is 2.24. The van der Waals surface area contributed by atoms with Gasteiger partial charge in [0, 0.05) is 12.7 Å². The highest BCUT2D eigenvalue weighted by molar-refractivity contribution is 7.99. The summed E-state index contributed by atoms with van der Waals surface area (Å²) in [5, 5.41) is 9.61. The Morgan fingerprint density at radius 1 is 1.38 bits per heavy atom. The van der Waals surface area contributed by atoms with Crippen molar-refractivity contribution in [3.63, 3.8) is 0 Å². The van der Waals surface area contributed by atoms with Crippen molar-refractivity contribution in [2.24, 2.45) is 0 Å². The summed E-state index contributed by atoms with van der Waals surface area (Å²) in [6.45, 7) is 0.872. The molecule has 0 bridgehead atoms. The first-order chi connectivity index (χ1) is 10.2. The van der Waals surface area contributed by atoms with Crippen LogP contribution in [0.2, 0.25) is 0 Å². The van der Waals surface area contributed by atoms with E-state index in [2.05, 4.69) is 20.8 Å². The van der Waals surface area contributed by atoms with Crippen molar-refractivity contribution in [1.82, 2.24) is 14.5 Å². The topological polar surface area (TPSA) is 68.0 Å². The second-order valence-electron chi connectivity index (χ2n) is 4.65. The van der Waals surface area contributed by atoms with Crippen molar-refractivity contribution in [2.75, 3.05) is 17.8 Å². The number of aromatic nitrogens is 3. The monoisotopic (exact) mass is 325 g/mol. The van der Waals surface area contributed by atoms with Gasteiger partial charge in [-0.2, -0.15) is 11.8 Å². The number of pyridine rings is 1. The summed E-state index contributed by atoms with van der Waals surface area (Å²) in [4.78, 5) is 19.3. The van der Waals surface area contributed by atoms with E-state index in [1.807, 2.05) is 17.8 Å². The normalized spacial score (nSPS) is 11.1. The van der Waals surface area contributed by atoms with Crippen LogP contribution in [-0.2, 0) is 11.3 Å². The first-order valence-corrected chi connectivity index (χ1v) is 9.24. The molecule has 0 aliphatic carbocycles. The predicted octanol–water partition coefficient (Wildman–Crippen LogP) is 3.14. The molecule has 0 unspecified atom stereocenters. The number of aryl methyl sites for hydroxylation is 1. The van der Waals surface area contributed by atoms with Crippen LogP contribution in [0.4, 0.5) is 0 Å². The average Bonchev–Trinajstić information content (AvgIpc) is 2.83. The molecule has 0 saturated carbocycles. The fourth-order valence-corrected chi connectivity index (χ4v) is 3.36. The molecule has 0 saturated heterocycles. The molecule has 0 aliphatic rings. The summed E-state index contributed by atoms with van der Waals surface area (Å²) in [6, 6.07) is 1.94. The summed E-state index contributed by atoms with van der Waals surface area (Å²) < 4.78 is 2.11. The molecule has 21 heavy (non-hydrogen) atoms. The molecule has 2 aromatic rings. The third-order valence-electron chi connectivity index (χ3n) is 3.07. The van der Waals surface area contributed by atoms with E-state index in [0.717, 1.165) is 29.2 Å². The zero-order chi connectivity index (χ0) is 15.1. The van der Waals surface area contributed by atoms with Crippen LogP contribution in [0.3, 0.4) is 0 Å². The van der Waals surface area contributed by atoms with Gasteiger partial charge in [0.2, 0.25) is 0 Å². The fraction of sp³-hybridized carbons (Fsp3) is 0.500. The molecule has 1 N–H and O–H groups in total. The Balaban J connectivity index is 2.09. The van der Waals surface area contributed by atoms with Gasteiger partial charge >= 0.3 is 5.97 Å². The molecule has 0 fully saturated rings. The lowest BCUT2D eigenvalue weighted by atomic mass is 10.2. The van der Waals surface area contributed by atoms with Crippen molar-refractivity contribution in [3.05, 3.63) is 18.5 Å². The molecule has 0 spiro atoms. The standard InChI is InChI=1S/C14H19N3O2S2/c1-20-8-4-2-3-7-17-12-5-6-15-9-11(12)16-14(17)21-10-13(18)19/h5-6,9H,2-4,7-8,10H2,1H3,(H,18,19). The van der Waals surface area contributed by atoms with E-state index in [0.29, 0.717) is 0 Å². The Morgan fingerprint density at radius 3 is 3.00 bits per heavy atom. The quantitative estimate of drug-likeness (QED) is 0.564. The van der Waals surface area contributed by atoms with E-state index >= 15 is 0 Å². The SMILES string of the molecule is CSCCCCCn1c(SCC(=O)O)nc2cnccc21. The molecule has 0 aliphatic heterocycles. The minimum Gasteiger partial charge on any atom is -0.481 e. The van der Waals surface area contributed by atoms with E-state index in [9.17, 15) is 4.79 Å². The number of carboxylic acids is 1. The summed E-state index contributed by atoms with van der Waals surface area (Å²) in [7, 11) is 0. The molecular weight excluding hydrogens is 306 g/mol. The molecule has 0 radical (unpaired) electrons. The number of thioether (sulfide) groups is 2. The zero-order valence-electron chi connectivity index (χ0n) is 12.0. The predicted molar refractivity (Wildman–Crippen MR) is 88.1 cm³/mol. The Morgan fingerprint density at radius 2 is 2.24 bits per heavy atom. The number of carboxylic acid groups (broad SMARTS) is 1. The summed E-state index contributed by atoms with van der Waals surface area (Å²) in [6.07, 6.45) is 9.07. The highest BCUT2D eigenvalue weighted by Gasteiger charge is 2.12. The fourth-order valence-electron chi connectivity index (χ4n) is 2.11. The first-order valence-electron chi connectivity index (χ1n) is 6.86.